The van der Waals surface area contributed by atoms with Crippen LogP contribution in [0, 0.1) is 5.41 Å². The van der Waals surface area contributed by atoms with Gasteiger partial charge in [0.05, 0.1) is 29.7 Å². The zero-order valence-electron chi connectivity index (χ0n) is 20.8. The van der Waals surface area contributed by atoms with Crippen molar-refractivity contribution in [1.82, 2.24) is 14.7 Å². The third kappa shape index (κ3) is 5.12. The number of halogens is 3. The van der Waals surface area contributed by atoms with Crippen molar-refractivity contribution in [1.29, 1.82) is 0 Å². The molecule has 1 spiro atoms. The van der Waals surface area contributed by atoms with Gasteiger partial charge in [-0.25, -0.2) is 14.3 Å². The van der Waals surface area contributed by atoms with Crippen molar-refractivity contribution in [2.75, 3.05) is 19.7 Å². The van der Waals surface area contributed by atoms with E-state index in [1.54, 1.807) is 11.8 Å². The number of rotatable bonds is 4. The van der Waals surface area contributed by atoms with Gasteiger partial charge in [0, 0.05) is 13.1 Å². The van der Waals surface area contributed by atoms with Gasteiger partial charge < -0.3 is 14.4 Å². The number of amides is 1. The summed E-state index contributed by atoms with van der Waals surface area (Å²) in [6.07, 6.45) is 0.265. The van der Waals surface area contributed by atoms with Crippen LogP contribution < -0.4 is 0 Å². The quantitative estimate of drug-likeness (QED) is 0.486. The highest BCUT2D eigenvalue weighted by Gasteiger charge is 2.44. The second kappa shape index (κ2) is 9.29. The number of ether oxygens (including phenoxy) is 2. The van der Waals surface area contributed by atoms with E-state index in [2.05, 4.69) is 5.10 Å². The molecule has 1 aliphatic heterocycles. The predicted molar refractivity (Wildman–Crippen MR) is 127 cm³/mol. The number of esters is 1. The largest absolute Gasteiger partial charge is 0.462 e. The van der Waals surface area contributed by atoms with E-state index in [9.17, 15) is 22.8 Å². The lowest BCUT2D eigenvalue weighted by molar-refractivity contribution is -0.137. The number of benzene rings is 1. The second-order valence-electron chi connectivity index (χ2n) is 10.2. The smallest absolute Gasteiger partial charge is 0.418 e. The standard InChI is InChI=1S/C26H30F3N3O4/c1-5-35-22(33)18-16-30-32(20-9-7-6-8-19(20)26(27,28)29)21(18)17-14-25(15-17)10-12-31(13-11-25)23(34)36-24(2,3)4/h6-9,14,16H,5,10-13,15H2,1-4H3. The zero-order chi connectivity index (χ0) is 26.3. The number of carbonyl (C=O) groups excluding carboxylic acids is 2. The van der Waals surface area contributed by atoms with E-state index in [0.29, 0.717) is 38.0 Å². The highest BCUT2D eigenvalue weighted by molar-refractivity contribution is 5.95. The van der Waals surface area contributed by atoms with Crippen LogP contribution in [0.4, 0.5) is 18.0 Å². The Morgan fingerprint density at radius 3 is 2.33 bits per heavy atom. The summed E-state index contributed by atoms with van der Waals surface area (Å²) in [5.41, 5.74) is -0.602. The average Bonchev–Trinajstić information content (AvgIpc) is 3.20. The highest BCUT2D eigenvalue weighted by atomic mass is 19.4. The van der Waals surface area contributed by atoms with E-state index in [-0.39, 0.29) is 29.4 Å². The van der Waals surface area contributed by atoms with Crippen LogP contribution >= 0.6 is 0 Å². The molecule has 2 aliphatic rings. The third-order valence-electron chi connectivity index (χ3n) is 6.44. The third-order valence-corrected chi connectivity index (χ3v) is 6.44. The van der Waals surface area contributed by atoms with Gasteiger partial charge in [-0.05, 0) is 70.1 Å². The Labute approximate surface area is 207 Å². The van der Waals surface area contributed by atoms with E-state index in [4.69, 9.17) is 9.47 Å². The van der Waals surface area contributed by atoms with Crippen molar-refractivity contribution in [3.05, 3.63) is 53.4 Å². The topological polar surface area (TPSA) is 73.7 Å². The lowest BCUT2D eigenvalue weighted by Gasteiger charge is -2.46. The van der Waals surface area contributed by atoms with Crippen LogP contribution in [0.5, 0.6) is 0 Å². The molecule has 194 valence electrons. The van der Waals surface area contributed by atoms with Gasteiger partial charge >= 0.3 is 18.2 Å². The van der Waals surface area contributed by atoms with Crippen LogP contribution in [0.25, 0.3) is 11.3 Å². The first-order valence-corrected chi connectivity index (χ1v) is 12.0. The van der Waals surface area contributed by atoms with Crippen LogP contribution in [0.1, 0.15) is 68.6 Å². The molecule has 0 bridgehead atoms. The molecule has 1 aliphatic carbocycles. The summed E-state index contributed by atoms with van der Waals surface area (Å²) in [6, 6.07) is 5.15. The monoisotopic (exact) mass is 505 g/mol. The summed E-state index contributed by atoms with van der Waals surface area (Å²) >= 11 is 0. The molecule has 0 saturated carbocycles. The Morgan fingerprint density at radius 1 is 1.11 bits per heavy atom. The fourth-order valence-corrected chi connectivity index (χ4v) is 4.75. The lowest BCUT2D eigenvalue weighted by Crippen LogP contribution is -2.46. The number of alkyl halides is 3. The number of allylic oxidation sites excluding steroid dienone is 2. The minimum Gasteiger partial charge on any atom is -0.462 e. The molecule has 10 heteroatoms. The molecule has 0 radical (unpaired) electrons. The van der Waals surface area contributed by atoms with Crippen LogP contribution in [0.2, 0.25) is 0 Å². The van der Waals surface area contributed by atoms with Crippen molar-refractivity contribution >= 4 is 17.6 Å². The number of aromatic nitrogens is 2. The minimum absolute atomic E-state index is 0.126. The summed E-state index contributed by atoms with van der Waals surface area (Å²) in [7, 11) is 0. The van der Waals surface area contributed by atoms with E-state index < -0.39 is 23.3 Å². The van der Waals surface area contributed by atoms with Gasteiger partial charge in [-0.15, -0.1) is 0 Å². The van der Waals surface area contributed by atoms with E-state index in [1.807, 2.05) is 26.8 Å². The summed E-state index contributed by atoms with van der Waals surface area (Å²) in [4.78, 5) is 26.7. The van der Waals surface area contributed by atoms with Gasteiger partial charge in [0.25, 0.3) is 0 Å². The van der Waals surface area contributed by atoms with E-state index >= 15 is 0 Å². The predicted octanol–water partition coefficient (Wildman–Crippen LogP) is 5.87. The lowest BCUT2D eigenvalue weighted by atomic mass is 9.64. The molecule has 1 fully saturated rings. The summed E-state index contributed by atoms with van der Waals surface area (Å²) in [6.45, 7) is 8.28. The Balaban J connectivity index is 1.64. The Bertz CT molecular complexity index is 1190. The van der Waals surface area contributed by atoms with Gasteiger partial charge in [0.1, 0.15) is 11.2 Å². The number of carbonyl (C=O) groups is 2. The molecule has 0 atom stereocenters. The van der Waals surface area contributed by atoms with Crippen LogP contribution in [0.15, 0.2) is 36.5 Å². The molecule has 36 heavy (non-hydrogen) atoms. The fraction of sp³-hybridized carbons (Fsp3) is 0.500. The molecule has 2 aromatic rings. The normalized spacial score (nSPS) is 17.4. The average molecular weight is 506 g/mol. The van der Waals surface area contributed by atoms with Gasteiger partial charge in [0.15, 0.2) is 0 Å². The van der Waals surface area contributed by atoms with Crippen molar-refractivity contribution in [2.24, 2.45) is 5.41 Å². The first kappa shape index (κ1) is 25.8. The number of piperidine rings is 1. The molecule has 1 aromatic heterocycles. The van der Waals surface area contributed by atoms with E-state index in [1.165, 1.54) is 29.1 Å². The minimum atomic E-state index is -4.59. The van der Waals surface area contributed by atoms with Gasteiger partial charge in [-0.3, -0.25) is 0 Å². The molecular weight excluding hydrogens is 475 g/mol. The zero-order valence-corrected chi connectivity index (χ0v) is 20.8. The summed E-state index contributed by atoms with van der Waals surface area (Å²) in [5, 5.41) is 4.18. The molecule has 1 amide bonds. The Morgan fingerprint density at radius 2 is 1.75 bits per heavy atom. The molecule has 0 unspecified atom stereocenters. The molecule has 2 heterocycles. The fourth-order valence-electron chi connectivity index (χ4n) is 4.75. The molecule has 1 saturated heterocycles. The van der Waals surface area contributed by atoms with E-state index in [0.717, 1.165) is 11.6 Å². The first-order valence-electron chi connectivity index (χ1n) is 12.0. The maximum absolute atomic E-state index is 13.7. The number of nitrogens with zero attached hydrogens (tertiary/aromatic N) is 3. The summed E-state index contributed by atoms with van der Waals surface area (Å²) in [5.74, 6) is -0.634. The SMILES string of the molecule is CCOC(=O)c1cnn(-c2ccccc2C(F)(F)F)c1C1=CC2(CCN(C(=O)OC(C)(C)C)CC2)C1. The number of hydrogen-bond acceptors (Lipinski definition) is 5. The summed E-state index contributed by atoms with van der Waals surface area (Å²) < 4.78 is 53.0. The molecule has 7 nitrogen and oxygen atoms in total. The maximum atomic E-state index is 13.7. The number of likely N-dealkylation sites (tertiary alicyclic amines) is 1. The first-order chi connectivity index (χ1) is 16.8. The van der Waals surface area contributed by atoms with Gasteiger partial charge in [-0.1, -0.05) is 18.2 Å². The highest BCUT2D eigenvalue weighted by Crippen LogP contribution is 2.52. The van der Waals surface area contributed by atoms with Crippen LogP contribution in [-0.2, 0) is 15.7 Å². The van der Waals surface area contributed by atoms with Crippen molar-refractivity contribution in [2.45, 2.75) is 58.7 Å². The van der Waals surface area contributed by atoms with Crippen molar-refractivity contribution in [3.8, 4) is 5.69 Å². The molecular formula is C26H30F3N3O4. The van der Waals surface area contributed by atoms with Gasteiger partial charge in [0.2, 0.25) is 0 Å². The van der Waals surface area contributed by atoms with Crippen LogP contribution in [0.3, 0.4) is 0 Å². The van der Waals surface area contributed by atoms with Crippen molar-refractivity contribution < 1.29 is 32.2 Å². The van der Waals surface area contributed by atoms with Crippen molar-refractivity contribution in [3.63, 3.8) is 0 Å². The number of hydrogen-bond donors (Lipinski definition) is 0. The maximum Gasteiger partial charge on any atom is 0.418 e. The Hall–Kier alpha value is -3.30. The molecule has 4 rings (SSSR count). The Kier molecular flexibility index (Phi) is 6.66. The second-order valence-corrected chi connectivity index (χ2v) is 10.2. The van der Waals surface area contributed by atoms with Gasteiger partial charge in [-0.2, -0.15) is 18.3 Å². The number of para-hydroxylation sites is 1. The van der Waals surface area contributed by atoms with Crippen LogP contribution in [-0.4, -0.2) is 52.0 Å². The molecule has 0 N–H and O–H groups in total. The molecule has 1 aromatic carbocycles.